The second-order valence-corrected chi connectivity index (χ2v) is 4.67. The van der Waals surface area contributed by atoms with Gasteiger partial charge in [0.1, 0.15) is 0 Å². The van der Waals surface area contributed by atoms with Crippen LogP contribution in [0.25, 0.3) is 0 Å². The van der Waals surface area contributed by atoms with Gasteiger partial charge >= 0.3 is 33.1 Å². The Labute approximate surface area is 80.2 Å². The quantitative estimate of drug-likeness (QED) is 0.576. The van der Waals surface area contributed by atoms with Gasteiger partial charge in [0.05, 0.1) is 14.2 Å². The van der Waals surface area contributed by atoms with E-state index in [9.17, 15) is 16.8 Å². The lowest BCUT2D eigenvalue weighted by molar-refractivity contribution is 0.335. The Hall–Kier alpha value is 0.0900. The van der Waals surface area contributed by atoms with Crippen LogP contribution in [0.1, 0.15) is 0 Å². The van der Waals surface area contributed by atoms with Crippen molar-refractivity contribution in [3.05, 3.63) is 0 Å². The molecular formula is C2H6O8S3. The zero-order valence-corrected chi connectivity index (χ0v) is 8.94. The summed E-state index contributed by atoms with van der Waals surface area (Å²) in [6.07, 6.45) is 0. The fraction of sp³-hybridized carbons (Fsp3) is 1.00. The third kappa shape index (κ3) is 6.20. The second kappa shape index (κ2) is 5.74. The van der Waals surface area contributed by atoms with Crippen LogP contribution in [0, 0.1) is 0 Å². The van der Waals surface area contributed by atoms with E-state index in [1.165, 1.54) is 0 Å². The van der Waals surface area contributed by atoms with Crippen molar-refractivity contribution >= 4 is 33.1 Å². The van der Waals surface area contributed by atoms with E-state index in [0.29, 0.717) is 0 Å². The summed E-state index contributed by atoms with van der Waals surface area (Å²) in [4.78, 5) is 0. The van der Waals surface area contributed by atoms with E-state index in [1.54, 1.807) is 0 Å². The summed E-state index contributed by atoms with van der Waals surface area (Å²) in [5, 5.41) is 0. The summed E-state index contributed by atoms with van der Waals surface area (Å²) in [5.74, 6) is 0. The lowest BCUT2D eigenvalue weighted by Crippen LogP contribution is -2.14. The molecule has 0 saturated heterocycles. The van der Waals surface area contributed by atoms with Gasteiger partial charge in [-0.05, 0) is 0 Å². The van der Waals surface area contributed by atoms with Crippen LogP contribution in [-0.4, -0.2) is 31.1 Å². The largest absolute Gasteiger partial charge is 0.429 e. The third-order valence-corrected chi connectivity index (χ3v) is 3.32. The van der Waals surface area contributed by atoms with E-state index in [2.05, 4.69) is 15.6 Å². The summed E-state index contributed by atoms with van der Waals surface area (Å²) in [6, 6.07) is 0. The molecule has 0 fully saturated rings. The van der Waals surface area contributed by atoms with Gasteiger partial charge in [0.25, 0.3) is 0 Å². The lowest BCUT2D eigenvalue weighted by Gasteiger charge is -1.99. The van der Waals surface area contributed by atoms with Gasteiger partial charge in [-0.1, -0.05) is 0 Å². The molecule has 0 radical (unpaired) electrons. The Balaban J connectivity index is 4.26. The fourth-order valence-electron chi connectivity index (χ4n) is 0.203. The predicted octanol–water partition coefficient (Wildman–Crippen LogP) is -1.29. The van der Waals surface area contributed by atoms with Gasteiger partial charge in [-0.3, -0.25) is 8.37 Å². The predicted molar refractivity (Wildman–Crippen MR) is 41.4 cm³/mol. The Morgan fingerprint density at radius 3 is 1.46 bits per heavy atom. The van der Waals surface area contributed by atoms with Crippen LogP contribution in [0.3, 0.4) is 0 Å². The third-order valence-electron chi connectivity index (χ3n) is 0.550. The van der Waals surface area contributed by atoms with Gasteiger partial charge in [-0.2, -0.15) is 16.8 Å². The Kier molecular flexibility index (Phi) is 5.78. The van der Waals surface area contributed by atoms with Crippen molar-refractivity contribution in [3.8, 4) is 0 Å². The zero-order valence-electron chi connectivity index (χ0n) is 6.49. The minimum Gasteiger partial charge on any atom is -0.271 e. The molecule has 8 nitrogen and oxygen atoms in total. The maximum atomic E-state index is 10.6. The summed E-state index contributed by atoms with van der Waals surface area (Å²) in [7, 11) is -2.77. The highest BCUT2D eigenvalue weighted by Gasteiger charge is 2.21. The van der Waals surface area contributed by atoms with Crippen LogP contribution in [0.4, 0.5) is 0 Å². The van der Waals surface area contributed by atoms with Gasteiger partial charge in [-0.25, -0.2) is 0 Å². The maximum absolute atomic E-state index is 10.6. The minimum absolute atomic E-state index is 0.943. The average Bonchev–Trinajstić information content (AvgIpc) is 2.02. The lowest BCUT2D eigenvalue weighted by atomic mass is 11.8. The monoisotopic (exact) mass is 254 g/mol. The van der Waals surface area contributed by atoms with Crippen LogP contribution in [0.5, 0.6) is 0 Å². The number of rotatable bonds is 6. The van der Waals surface area contributed by atoms with E-state index in [1.807, 2.05) is 0 Å². The summed E-state index contributed by atoms with van der Waals surface area (Å²) in [6.45, 7) is 0. The van der Waals surface area contributed by atoms with E-state index in [-0.39, 0.29) is 0 Å². The molecule has 11 heteroatoms. The standard InChI is InChI=1S/C2H6O8S3/c1-7-11(3)9-13(5,6)10-12(4)8-2/h1-2H3. The van der Waals surface area contributed by atoms with Crippen molar-refractivity contribution in [3.63, 3.8) is 0 Å². The average molecular weight is 254 g/mol. The first-order valence-electron chi connectivity index (χ1n) is 2.48. The molecule has 0 rings (SSSR count). The van der Waals surface area contributed by atoms with Gasteiger partial charge in [0, 0.05) is 0 Å². The van der Waals surface area contributed by atoms with Crippen LogP contribution >= 0.6 is 0 Å². The summed E-state index contributed by atoms with van der Waals surface area (Å²) in [5.41, 5.74) is 0. The Morgan fingerprint density at radius 1 is 0.923 bits per heavy atom. The fourth-order valence-corrected chi connectivity index (χ4v) is 2.03. The van der Waals surface area contributed by atoms with Gasteiger partial charge in [0.15, 0.2) is 0 Å². The van der Waals surface area contributed by atoms with E-state index < -0.39 is 33.1 Å². The number of hydrogen-bond donors (Lipinski definition) is 0. The highest BCUT2D eigenvalue weighted by Crippen LogP contribution is 2.03. The maximum Gasteiger partial charge on any atom is 0.429 e. The van der Waals surface area contributed by atoms with Crippen LogP contribution in [-0.2, 0) is 48.7 Å². The molecular weight excluding hydrogens is 248 g/mol. The molecule has 0 aromatic heterocycles. The molecule has 0 aromatic carbocycles. The SMILES string of the molecule is COS(=O)OS(=O)(=O)OS(=O)OC. The molecule has 0 aliphatic rings. The summed E-state index contributed by atoms with van der Waals surface area (Å²) >= 11 is -5.04. The molecule has 0 aromatic rings. The molecule has 0 aliphatic carbocycles. The molecule has 0 spiro atoms. The van der Waals surface area contributed by atoms with E-state index in [4.69, 9.17) is 0 Å². The van der Waals surface area contributed by atoms with Crippen LogP contribution < -0.4 is 0 Å². The molecule has 0 amide bonds. The molecule has 0 aliphatic heterocycles. The molecule has 13 heavy (non-hydrogen) atoms. The van der Waals surface area contributed by atoms with Crippen molar-refractivity contribution in [1.29, 1.82) is 0 Å². The number of hydrogen-bond acceptors (Lipinski definition) is 8. The molecule has 0 heterocycles. The zero-order chi connectivity index (χ0) is 10.5. The molecule has 0 bridgehead atoms. The van der Waals surface area contributed by atoms with Crippen LogP contribution in [0.15, 0.2) is 0 Å². The molecule has 2 atom stereocenters. The van der Waals surface area contributed by atoms with Crippen LogP contribution in [0.2, 0.25) is 0 Å². The molecule has 0 saturated carbocycles. The van der Waals surface area contributed by atoms with Gasteiger partial charge in [-0.15, -0.1) is 7.26 Å². The van der Waals surface area contributed by atoms with Crippen molar-refractivity contribution in [1.82, 2.24) is 0 Å². The topological polar surface area (TPSA) is 105 Å². The highest BCUT2D eigenvalue weighted by molar-refractivity contribution is 7.97. The minimum atomic E-state index is -4.65. The molecule has 0 N–H and O–H groups in total. The first-order chi connectivity index (χ1) is 5.91. The van der Waals surface area contributed by atoms with E-state index >= 15 is 0 Å². The summed E-state index contributed by atoms with van der Waals surface area (Å²) < 4.78 is 57.2. The normalized spacial score (nSPS) is 16.8. The molecule has 2 unspecified atom stereocenters. The van der Waals surface area contributed by atoms with Crippen molar-refractivity contribution in [2.24, 2.45) is 0 Å². The van der Waals surface area contributed by atoms with Gasteiger partial charge < -0.3 is 0 Å². The second-order valence-electron chi connectivity index (χ2n) is 1.29. The Morgan fingerprint density at radius 2 is 1.23 bits per heavy atom. The van der Waals surface area contributed by atoms with Crippen molar-refractivity contribution < 1.29 is 32.5 Å². The Bertz CT molecular complexity index is 267. The van der Waals surface area contributed by atoms with Crippen molar-refractivity contribution in [2.75, 3.05) is 14.2 Å². The first-order valence-corrected chi connectivity index (χ1v) is 5.82. The first kappa shape index (κ1) is 13.1. The van der Waals surface area contributed by atoms with Crippen molar-refractivity contribution in [2.45, 2.75) is 0 Å². The van der Waals surface area contributed by atoms with Gasteiger partial charge in [0.2, 0.25) is 0 Å². The van der Waals surface area contributed by atoms with E-state index in [0.717, 1.165) is 14.2 Å². The smallest absolute Gasteiger partial charge is 0.271 e. The highest BCUT2D eigenvalue weighted by atomic mass is 32.3. The molecule has 80 valence electrons.